The maximum absolute atomic E-state index is 11.9. The molecule has 19 heavy (non-hydrogen) atoms. The molecule has 1 aromatic carbocycles. The van der Waals surface area contributed by atoms with Crippen LogP contribution >= 0.6 is 0 Å². The standard InChI is InChI=1S/C13H15NO4S/c1-18-13-7-4-10(3-2-8-15)9-12(13)14-19(16,17)11-5-6-11/h4,7,9,11,14-15H,5-6,8H2,1H3. The van der Waals surface area contributed by atoms with Gasteiger partial charge in [0.05, 0.1) is 18.0 Å². The van der Waals surface area contributed by atoms with E-state index in [9.17, 15) is 8.42 Å². The van der Waals surface area contributed by atoms with Gasteiger partial charge in [0.25, 0.3) is 0 Å². The third kappa shape index (κ3) is 3.40. The zero-order valence-electron chi connectivity index (χ0n) is 10.5. The summed E-state index contributed by atoms with van der Waals surface area (Å²) in [5, 5.41) is 8.35. The molecule has 2 rings (SSSR count). The summed E-state index contributed by atoms with van der Waals surface area (Å²) in [4.78, 5) is 0. The van der Waals surface area contributed by atoms with Gasteiger partial charge >= 0.3 is 0 Å². The summed E-state index contributed by atoms with van der Waals surface area (Å²) in [5.74, 6) is 5.68. The number of sulfonamides is 1. The molecule has 0 radical (unpaired) electrons. The van der Waals surface area contributed by atoms with E-state index in [0.29, 0.717) is 29.8 Å². The number of anilines is 1. The Kier molecular flexibility index (Phi) is 3.98. The van der Waals surface area contributed by atoms with Crippen LogP contribution < -0.4 is 9.46 Å². The average molecular weight is 281 g/mol. The van der Waals surface area contributed by atoms with Gasteiger partial charge in [-0.25, -0.2) is 8.42 Å². The van der Waals surface area contributed by atoms with Gasteiger partial charge in [0, 0.05) is 5.56 Å². The van der Waals surface area contributed by atoms with E-state index in [2.05, 4.69) is 16.6 Å². The summed E-state index contributed by atoms with van der Waals surface area (Å²) in [6.45, 7) is -0.241. The predicted octanol–water partition coefficient (Wildman–Crippen LogP) is 0.943. The quantitative estimate of drug-likeness (QED) is 0.806. The normalized spacial score (nSPS) is 14.4. The zero-order chi connectivity index (χ0) is 13.9. The van der Waals surface area contributed by atoms with E-state index in [1.54, 1.807) is 18.2 Å². The second kappa shape index (κ2) is 5.51. The Morgan fingerprint density at radius 1 is 1.47 bits per heavy atom. The van der Waals surface area contributed by atoms with Crippen LogP contribution in [0.2, 0.25) is 0 Å². The van der Waals surface area contributed by atoms with E-state index in [4.69, 9.17) is 9.84 Å². The monoisotopic (exact) mass is 281 g/mol. The van der Waals surface area contributed by atoms with Crippen molar-refractivity contribution in [2.45, 2.75) is 18.1 Å². The van der Waals surface area contributed by atoms with Gasteiger partial charge in [0.15, 0.2) is 0 Å². The van der Waals surface area contributed by atoms with Crippen LogP contribution in [0.15, 0.2) is 18.2 Å². The van der Waals surface area contributed by atoms with Crippen molar-refractivity contribution in [3.05, 3.63) is 23.8 Å². The highest BCUT2D eigenvalue weighted by molar-refractivity contribution is 7.93. The second-order valence-corrected chi connectivity index (χ2v) is 6.18. The Hall–Kier alpha value is -1.71. The first-order chi connectivity index (χ1) is 9.06. The highest BCUT2D eigenvalue weighted by Gasteiger charge is 2.36. The van der Waals surface area contributed by atoms with E-state index in [1.165, 1.54) is 7.11 Å². The molecule has 6 heteroatoms. The van der Waals surface area contributed by atoms with E-state index < -0.39 is 10.0 Å². The van der Waals surface area contributed by atoms with Gasteiger partial charge in [-0.2, -0.15) is 0 Å². The van der Waals surface area contributed by atoms with Crippen LogP contribution in [0, 0.1) is 11.8 Å². The van der Waals surface area contributed by atoms with E-state index >= 15 is 0 Å². The number of rotatable bonds is 4. The fourth-order valence-electron chi connectivity index (χ4n) is 1.62. The third-order valence-electron chi connectivity index (χ3n) is 2.73. The Morgan fingerprint density at radius 3 is 2.79 bits per heavy atom. The van der Waals surface area contributed by atoms with Crippen LogP contribution in [0.5, 0.6) is 5.75 Å². The Balaban J connectivity index is 2.30. The smallest absolute Gasteiger partial charge is 0.235 e. The van der Waals surface area contributed by atoms with Gasteiger partial charge in [-0.05, 0) is 31.0 Å². The molecular formula is C13H15NO4S. The molecule has 2 N–H and O–H groups in total. The summed E-state index contributed by atoms with van der Waals surface area (Å²) >= 11 is 0. The molecule has 0 bridgehead atoms. The number of methoxy groups -OCH3 is 1. The fraction of sp³-hybridized carbons (Fsp3) is 0.385. The minimum Gasteiger partial charge on any atom is -0.495 e. The topological polar surface area (TPSA) is 75.6 Å². The van der Waals surface area contributed by atoms with Gasteiger partial charge in [-0.15, -0.1) is 0 Å². The molecule has 0 spiro atoms. The first kappa shape index (κ1) is 13.7. The summed E-state index contributed by atoms with van der Waals surface area (Å²) in [5.41, 5.74) is 0.988. The van der Waals surface area contributed by atoms with E-state index in [0.717, 1.165) is 0 Å². The maximum Gasteiger partial charge on any atom is 0.235 e. The van der Waals surface area contributed by atoms with Crippen molar-refractivity contribution in [2.75, 3.05) is 18.4 Å². The number of hydrogen-bond acceptors (Lipinski definition) is 4. The van der Waals surface area contributed by atoms with Crippen molar-refractivity contribution < 1.29 is 18.3 Å². The molecule has 0 aliphatic heterocycles. The van der Waals surface area contributed by atoms with Crippen LogP contribution in [-0.4, -0.2) is 32.5 Å². The lowest BCUT2D eigenvalue weighted by atomic mass is 10.2. The van der Waals surface area contributed by atoms with Crippen LogP contribution in [0.1, 0.15) is 18.4 Å². The molecule has 1 aliphatic rings. The Morgan fingerprint density at radius 2 is 2.21 bits per heavy atom. The number of nitrogens with one attached hydrogen (secondary N) is 1. The minimum absolute atomic E-state index is 0.241. The lowest BCUT2D eigenvalue weighted by Gasteiger charge is -2.11. The van der Waals surface area contributed by atoms with E-state index in [-0.39, 0.29) is 11.9 Å². The zero-order valence-corrected chi connectivity index (χ0v) is 11.3. The first-order valence-corrected chi connectivity index (χ1v) is 7.41. The predicted molar refractivity (Wildman–Crippen MR) is 72.5 cm³/mol. The summed E-state index contributed by atoms with van der Waals surface area (Å²) in [7, 11) is -1.86. The van der Waals surface area contributed by atoms with Gasteiger partial charge in [0.1, 0.15) is 12.4 Å². The number of aliphatic hydroxyl groups excluding tert-OH is 1. The van der Waals surface area contributed by atoms with Crippen LogP contribution in [-0.2, 0) is 10.0 Å². The second-order valence-electron chi connectivity index (χ2n) is 4.22. The molecule has 1 aliphatic carbocycles. The van der Waals surface area contributed by atoms with Crippen LogP contribution in [0.25, 0.3) is 0 Å². The lowest BCUT2D eigenvalue weighted by molar-refractivity contribution is 0.350. The van der Waals surface area contributed by atoms with Gasteiger partial charge < -0.3 is 9.84 Å². The average Bonchev–Trinajstić information content (AvgIpc) is 3.20. The molecule has 1 fully saturated rings. The van der Waals surface area contributed by atoms with Crippen molar-refractivity contribution in [3.8, 4) is 17.6 Å². The molecule has 0 atom stereocenters. The van der Waals surface area contributed by atoms with Crippen molar-refractivity contribution in [1.82, 2.24) is 0 Å². The molecule has 5 nitrogen and oxygen atoms in total. The van der Waals surface area contributed by atoms with Crippen molar-refractivity contribution in [2.24, 2.45) is 0 Å². The Bertz CT molecular complexity index is 624. The highest BCUT2D eigenvalue weighted by Crippen LogP contribution is 2.33. The van der Waals surface area contributed by atoms with Crippen LogP contribution in [0.4, 0.5) is 5.69 Å². The number of aliphatic hydroxyl groups is 1. The van der Waals surface area contributed by atoms with Gasteiger partial charge in [0.2, 0.25) is 10.0 Å². The molecular weight excluding hydrogens is 266 g/mol. The largest absolute Gasteiger partial charge is 0.495 e. The number of benzene rings is 1. The lowest BCUT2D eigenvalue weighted by Crippen LogP contribution is -2.17. The SMILES string of the molecule is COc1ccc(C#CCO)cc1NS(=O)(=O)C1CC1. The van der Waals surface area contributed by atoms with Crippen molar-refractivity contribution in [1.29, 1.82) is 0 Å². The molecule has 0 aromatic heterocycles. The first-order valence-electron chi connectivity index (χ1n) is 5.86. The van der Waals surface area contributed by atoms with Gasteiger partial charge in [-0.3, -0.25) is 4.72 Å². The molecule has 102 valence electrons. The summed E-state index contributed by atoms with van der Waals surface area (Å²) in [6, 6.07) is 4.95. The molecule has 1 saturated carbocycles. The number of hydrogen-bond donors (Lipinski definition) is 2. The van der Waals surface area contributed by atoms with Crippen molar-refractivity contribution in [3.63, 3.8) is 0 Å². The molecule has 1 aromatic rings. The summed E-state index contributed by atoms with van der Waals surface area (Å²) < 4.78 is 31.5. The maximum atomic E-state index is 11.9. The van der Waals surface area contributed by atoms with Crippen molar-refractivity contribution >= 4 is 15.7 Å². The number of ether oxygens (including phenoxy) is 1. The van der Waals surface area contributed by atoms with E-state index in [1.807, 2.05) is 0 Å². The Labute approximate surface area is 112 Å². The molecule has 0 heterocycles. The molecule has 0 saturated heterocycles. The molecule has 0 unspecified atom stereocenters. The fourth-order valence-corrected chi connectivity index (χ4v) is 3.01. The van der Waals surface area contributed by atoms with Crippen LogP contribution in [0.3, 0.4) is 0 Å². The third-order valence-corrected chi connectivity index (χ3v) is 4.58. The summed E-state index contributed by atoms with van der Waals surface area (Å²) in [6.07, 6.45) is 1.39. The molecule has 0 amide bonds. The highest BCUT2D eigenvalue weighted by atomic mass is 32.2. The van der Waals surface area contributed by atoms with Gasteiger partial charge in [-0.1, -0.05) is 11.8 Å². The minimum atomic E-state index is -3.34.